The Hall–Kier alpha value is -2.29. The van der Waals surface area contributed by atoms with Gasteiger partial charge in [0.05, 0.1) is 32.0 Å². The van der Waals surface area contributed by atoms with E-state index < -0.39 is 10.0 Å². The molecule has 0 radical (unpaired) electrons. The highest BCUT2D eigenvalue weighted by atomic mass is 35.5. The molecule has 0 aliphatic rings. The normalized spacial score (nSPS) is 11.5. The van der Waals surface area contributed by atoms with E-state index in [9.17, 15) is 8.42 Å². The van der Waals surface area contributed by atoms with Gasteiger partial charge in [0.25, 0.3) is 10.0 Å². The molecule has 25 heavy (non-hydrogen) atoms. The molecule has 0 saturated heterocycles. The summed E-state index contributed by atoms with van der Waals surface area (Å²) >= 11 is 11.9. The van der Waals surface area contributed by atoms with Crippen LogP contribution < -0.4 is 10.5 Å². The van der Waals surface area contributed by atoms with E-state index in [0.717, 1.165) is 0 Å². The summed E-state index contributed by atoms with van der Waals surface area (Å²) in [6, 6.07) is 9.37. The molecule has 0 fully saturated rings. The van der Waals surface area contributed by atoms with Crippen LogP contribution >= 0.6 is 23.2 Å². The molecule has 0 atom stereocenters. The Morgan fingerprint density at radius 1 is 1.16 bits per heavy atom. The van der Waals surface area contributed by atoms with Crippen molar-refractivity contribution >= 4 is 44.6 Å². The van der Waals surface area contributed by atoms with Gasteiger partial charge in [-0.05, 0) is 31.2 Å². The number of para-hydroxylation sites is 2. The summed E-state index contributed by atoms with van der Waals surface area (Å²) < 4.78 is 29.6. The number of rotatable bonds is 4. The number of benzene rings is 2. The van der Waals surface area contributed by atoms with Crippen LogP contribution in [0, 0.1) is 6.92 Å². The first-order chi connectivity index (χ1) is 11.8. The number of nitrogens with two attached hydrogens (primary N) is 1. The van der Waals surface area contributed by atoms with Crippen LogP contribution in [0.1, 0.15) is 5.82 Å². The summed E-state index contributed by atoms with van der Waals surface area (Å²) in [5.41, 5.74) is 6.72. The van der Waals surface area contributed by atoms with Crippen molar-refractivity contribution in [3.63, 3.8) is 0 Å². The molecule has 1 aromatic heterocycles. The number of nitrogens with one attached hydrogen (secondary N) is 1. The maximum absolute atomic E-state index is 12.7. The van der Waals surface area contributed by atoms with Gasteiger partial charge in [0.15, 0.2) is 0 Å². The Labute approximate surface area is 154 Å². The van der Waals surface area contributed by atoms with Gasteiger partial charge in [0.2, 0.25) is 0 Å². The Bertz CT molecular complexity index is 1030. The topological polar surface area (TPSA) is 103 Å². The lowest BCUT2D eigenvalue weighted by Crippen LogP contribution is -2.15. The first-order valence-electron chi connectivity index (χ1n) is 7.03. The van der Waals surface area contributed by atoms with Gasteiger partial charge in [-0.1, -0.05) is 35.3 Å². The lowest BCUT2D eigenvalue weighted by molar-refractivity contribution is 0.601. The van der Waals surface area contributed by atoms with Crippen molar-refractivity contribution in [1.82, 2.24) is 14.8 Å². The Balaban J connectivity index is 2.05. The molecule has 0 amide bonds. The summed E-state index contributed by atoms with van der Waals surface area (Å²) in [5, 5.41) is 7.85. The van der Waals surface area contributed by atoms with Gasteiger partial charge in [-0.2, -0.15) is 0 Å². The van der Waals surface area contributed by atoms with E-state index in [1.807, 2.05) is 0 Å². The van der Waals surface area contributed by atoms with E-state index >= 15 is 0 Å². The third kappa shape index (κ3) is 3.41. The van der Waals surface area contributed by atoms with E-state index in [2.05, 4.69) is 14.9 Å². The molecule has 0 saturated carbocycles. The smallest absolute Gasteiger partial charge is 0.262 e. The average molecular weight is 398 g/mol. The Kier molecular flexibility index (Phi) is 4.59. The predicted molar refractivity (Wildman–Crippen MR) is 97.8 cm³/mol. The molecule has 130 valence electrons. The summed E-state index contributed by atoms with van der Waals surface area (Å²) in [4.78, 5) is -0.0908. The number of halogens is 2. The number of anilines is 2. The fourth-order valence-electron chi connectivity index (χ4n) is 2.22. The monoisotopic (exact) mass is 397 g/mol. The van der Waals surface area contributed by atoms with Gasteiger partial charge >= 0.3 is 0 Å². The molecule has 0 unspecified atom stereocenters. The summed E-state index contributed by atoms with van der Waals surface area (Å²) in [5.74, 6) is 0.616. The minimum absolute atomic E-state index is 0.0656. The summed E-state index contributed by atoms with van der Waals surface area (Å²) in [6.45, 7) is 1.76. The van der Waals surface area contributed by atoms with E-state index in [4.69, 9.17) is 28.9 Å². The van der Waals surface area contributed by atoms with Crippen LogP contribution in [0.2, 0.25) is 10.0 Å². The molecule has 0 aliphatic carbocycles. The maximum atomic E-state index is 12.7. The maximum Gasteiger partial charge on any atom is 0.262 e. The van der Waals surface area contributed by atoms with Crippen LogP contribution in [0.25, 0.3) is 5.69 Å². The highest BCUT2D eigenvalue weighted by Crippen LogP contribution is 2.32. The molecule has 3 aromatic rings. The largest absolute Gasteiger partial charge is 0.396 e. The van der Waals surface area contributed by atoms with Crippen molar-refractivity contribution in [2.24, 2.45) is 0 Å². The molecule has 10 heteroatoms. The zero-order chi connectivity index (χ0) is 18.2. The van der Waals surface area contributed by atoms with Gasteiger partial charge in [-0.15, -0.1) is 10.2 Å². The first-order valence-corrected chi connectivity index (χ1v) is 9.27. The minimum Gasteiger partial charge on any atom is -0.396 e. The van der Waals surface area contributed by atoms with Crippen LogP contribution in [-0.4, -0.2) is 23.2 Å². The Morgan fingerprint density at radius 2 is 1.80 bits per heavy atom. The Morgan fingerprint density at radius 3 is 2.40 bits per heavy atom. The van der Waals surface area contributed by atoms with Crippen molar-refractivity contribution in [3.05, 3.63) is 58.6 Å². The van der Waals surface area contributed by atoms with E-state index in [1.54, 1.807) is 35.8 Å². The van der Waals surface area contributed by atoms with E-state index in [0.29, 0.717) is 17.2 Å². The van der Waals surface area contributed by atoms with Gasteiger partial charge in [-0.3, -0.25) is 9.29 Å². The van der Waals surface area contributed by atoms with Crippen LogP contribution in [0.4, 0.5) is 11.4 Å². The summed E-state index contributed by atoms with van der Waals surface area (Å²) in [6.07, 6.45) is 1.50. The molecular weight excluding hydrogens is 385 g/mol. The SMILES string of the molecule is Cc1nncn1-c1ccccc1NS(=O)(=O)c1cc(Cl)c(N)c(Cl)c1. The number of nitrogens with zero attached hydrogens (tertiary/aromatic N) is 3. The van der Waals surface area contributed by atoms with Crippen LogP contribution in [-0.2, 0) is 10.0 Å². The number of hydrogen-bond donors (Lipinski definition) is 2. The highest BCUT2D eigenvalue weighted by Gasteiger charge is 2.19. The standard InChI is InChI=1S/C15H13Cl2N5O2S/c1-9-20-19-8-22(9)14-5-3-2-4-13(14)21-25(23,24)10-6-11(16)15(18)12(17)7-10/h2-8,21H,18H2,1H3. The second-order valence-corrected chi connectivity index (χ2v) is 7.67. The third-order valence-corrected chi connectivity index (χ3v) is 5.46. The van der Waals surface area contributed by atoms with Gasteiger partial charge in [0.1, 0.15) is 12.2 Å². The number of aryl methyl sites for hydroxylation is 1. The first kappa shape index (κ1) is 17.5. The quantitative estimate of drug-likeness (QED) is 0.657. The van der Waals surface area contributed by atoms with Gasteiger partial charge < -0.3 is 5.73 Å². The molecule has 0 spiro atoms. The van der Waals surface area contributed by atoms with Crippen molar-refractivity contribution in [3.8, 4) is 5.69 Å². The van der Waals surface area contributed by atoms with Gasteiger partial charge in [0, 0.05) is 0 Å². The van der Waals surface area contributed by atoms with E-state index in [-0.39, 0.29) is 20.6 Å². The van der Waals surface area contributed by atoms with Crippen LogP contribution in [0.15, 0.2) is 47.6 Å². The summed E-state index contributed by atoms with van der Waals surface area (Å²) in [7, 11) is -3.93. The number of aromatic nitrogens is 3. The zero-order valence-corrected chi connectivity index (χ0v) is 15.3. The molecule has 3 rings (SSSR count). The lowest BCUT2D eigenvalue weighted by atomic mass is 10.2. The minimum atomic E-state index is -3.93. The molecule has 0 aliphatic heterocycles. The van der Waals surface area contributed by atoms with Gasteiger partial charge in [-0.25, -0.2) is 8.42 Å². The zero-order valence-electron chi connectivity index (χ0n) is 12.9. The fraction of sp³-hybridized carbons (Fsp3) is 0.0667. The number of nitrogen functional groups attached to an aromatic ring is 1. The lowest BCUT2D eigenvalue weighted by Gasteiger charge is -2.14. The number of hydrogen-bond acceptors (Lipinski definition) is 5. The van der Waals surface area contributed by atoms with Crippen molar-refractivity contribution < 1.29 is 8.42 Å². The molecule has 7 nitrogen and oxygen atoms in total. The fourth-order valence-corrected chi connectivity index (χ4v) is 3.96. The van der Waals surface area contributed by atoms with Crippen molar-refractivity contribution in [1.29, 1.82) is 0 Å². The highest BCUT2D eigenvalue weighted by molar-refractivity contribution is 7.92. The van der Waals surface area contributed by atoms with Crippen molar-refractivity contribution in [2.45, 2.75) is 11.8 Å². The third-order valence-electron chi connectivity index (χ3n) is 3.49. The predicted octanol–water partition coefficient (Wildman–Crippen LogP) is 3.27. The second-order valence-electron chi connectivity index (χ2n) is 5.17. The molecule has 2 aromatic carbocycles. The molecular formula is C15H13Cl2N5O2S. The molecule has 0 bridgehead atoms. The molecule has 3 N–H and O–H groups in total. The number of sulfonamides is 1. The molecule has 1 heterocycles. The van der Waals surface area contributed by atoms with Crippen molar-refractivity contribution in [2.75, 3.05) is 10.5 Å². The van der Waals surface area contributed by atoms with Crippen LogP contribution in [0.3, 0.4) is 0 Å². The second kappa shape index (κ2) is 6.55. The van der Waals surface area contributed by atoms with E-state index in [1.165, 1.54) is 18.5 Å². The van der Waals surface area contributed by atoms with Crippen LogP contribution in [0.5, 0.6) is 0 Å². The average Bonchev–Trinajstić information content (AvgIpc) is 2.98.